The number of hydrogen-bond acceptors (Lipinski definition) is 4. The van der Waals surface area contributed by atoms with E-state index >= 15 is 0 Å². The Bertz CT molecular complexity index is 348. The summed E-state index contributed by atoms with van der Waals surface area (Å²) in [7, 11) is 0. The molecule has 0 fully saturated rings. The number of carbonyl (C=O) groups excluding carboxylic acids is 1. The van der Waals surface area contributed by atoms with Crippen molar-refractivity contribution >= 4 is 23.2 Å². The molecule has 4 heteroatoms. The molecular weight excluding hydrogens is 212 g/mol. The summed E-state index contributed by atoms with van der Waals surface area (Å²) in [5.74, 6) is -0.390. The molecule has 0 saturated carbocycles. The van der Waals surface area contributed by atoms with Crippen molar-refractivity contribution in [2.24, 2.45) is 0 Å². The van der Waals surface area contributed by atoms with Crippen LogP contribution in [0.2, 0.25) is 0 Å². The molecule has 1 rings (SSSR count). The molecule has 0 aliphatic heterocycles. The maximum absolute atomic E-state index is 10.6. The Morgan fingerprint density at radius 3 is 2.40 bits per heavy atom. The zero-order chi connectivity index (χ0) is 11.3. The zero-order valence-corrected chi connectivity index (χ0v) is 9.41. The summed E-state index contributed by atoms with van der Waals surface area (Å²) < 4.78 is 10.0. The first-order valence-corrected chi connectivity index (χ1v) is 4.93. The molecule has 1 aromatic rings. The normalized spacial score (nSPS) is 11.6. The Morgan fingerprint density at radius 2 is 1.87 bits per heavy atom. The number of carbonyl (C=O) groups is 1. The standard InChI is InChI=1S/C11H12O3S/c1-8(12)13-9(2)14-11(15)10-6-4-3-5-7-10/h3-7,9H,1-2H3. The highest BCUT2D eigenvalue weighted by atomic mass is 32.1. The largest absolute Gasteiger partial charge is 0.444 e. The summed E-state index contributed by atoms with van der Waals surface area (Å²) in [6.45, 7) is 2.95. The minimum absolute atomic E-state index is 0.323. The van der Waals surface area contributed by atoms with Crippen LogP contribution in [0.15, 0.2) is 30.3 Å². The SMILES string of the molecule is CC(=O)OC(C)OC(=S)c1ccccc1. The van der Waals surface area contributed by atoms with E-state index in [1.165, 1.54) is 6.92 Å². The van der Waals surface area contributed by atoms with E-state index in [1.54, 1.807) is 6.92 Å². The van der Waals surface area contributed by atoms with Gasteiger partial charge in [0.15, 0.2) is 5.05 Å². The average Bonchev–Trinajstić information content (AvgIpc) is 2.17. The van der Waals surface area contributed by atoms with E-state index in [-0.39, 0.29) is 0 Å². The molecule has 0 amide bonds. The monoisotopic (exact) mass is 224 g/mol. The van der Waals surface area contributed by atoms with Crippen molar-refractivity contribution in [3.8, 4) is 0 Å². The molecule has 0 heterocycles. The van der Waals surface area contributed by atoms with Gasteiger partial charge in [0.2, 0.25) is 6.29 Å². The lowest BCUT2D eigenvalue weighted by atomic mass is 10.2. The number of hydrogen-bond donors (Lipinski definition) is 0. The van der Waals surface area contributed by atoms with E-state index in [0.717, 1.165) is 5.56 Å². The van der Waals surface area contributed by atoms with Gasteiger partial charge in [-0.1, -0.05) is 30.3 Å². The van der Waals surface area contributed by atoms with E-state index < -0.39 is 12.3 Å². The van der Waals surface area contributed by atoms with Gasteiger partial charge in [0.1, 0.15) is 0 Å². The summed E-state index contributed by atoms with van der Waals surface area (Å²) in [6.07, 6.45) is -0.657. The minimum Gasteiger partial charge on any atom is -0.444 e. The second-order valence-corrected chi connectivity index (χ2v) is 3.32. The fourth-order valence-electron chi connectivity index (χ4n) is 1.05. The molecule has 80 valence electrons. The molecule has 1 aromatic carbocycles. The highest BCUT2D eigenvalue weighted by Gasteiger charge is 2.09. The number of esters is 1. The Balaban J connectivity index is 2.53. The summed E-state index contributed by atoms with van der Waals surface area (Å²) in [6, 6.07) is 9.29. The summed E-state index contributed by atoms with van der Waals surface area (Å²) >= 11 is 5.04. The third-order valence-electron chi connectivity index (χ3n) is 1.61. The number of thiocarbonyl (C=S) groups is 1. The summed E-state index contributed by atoms with van der Waals surface area (Å²) in [4.78, 5) is 10.6. The van der Waals surface area contributed by atoms with E-state index in [0.29, 0.717) is 5.05 Å². The van der Waals surface area contributed by atoms with Gasteiger partial charge < -0.3 is 9.47 Å². The third-order valence-corrected chi connectivity index (χ3v) is 1.95. The molecule has 0 spiro atoms. The molecule has 0 bridgehead atoms. The van der Waals surface area contributed by atoms with Gasteiger partial charge in [-0.25, -0.2) is 0 Å². The predicted molar refractivity (Wildman–Crippen MR) is 60.5 cm³/mol. The van der Waals surface area contributed by atoms with Gasteiger partial charge in [0, 0.05) is 19.4 Å². The van der Waals surface area contributed by atoms with Crippen LogP contribution in [0.3, 0.4) is 0 Å². The number of rotatable bonds is 3. The molecule has 3 nitrogen and oxygen atoms in total. The van der Waals surface area contributed by atoms with Crippen molar-refractivity contribution in [2.75, 3.05) is 0 Å². The topological polar surface area (TPSA) is 35.5 Å². The third kappa shape index (κ3) is 4.08. The fraction of sp³-hybridized carbons (Fsp3) is 0.273. The van der Waals surface area contributed by atoms with Gasteiger partial charge in [0.25, 0.3) is 0 Å². The fourth-order valence-corrected chi connectivity index (χ4v) is 1.32. The van der Waals surface area contributed by atoms with Crippen LogP contribution < -0.4 is 0 Å². The van der Waals surface area contributed by atoms with Gasteiger partial charge in [-0.2, -0.15) is 0 Å². The van der Waals surface area contributed by atoms with E-state index in [2.05, 4.69) is 0 Å². The molecular formula is C11H12O3S. The lowest BCUT2D eigenvalue weighted by Crippen LogP contribution is -2.19. The van der Waals surface area contributed by atoms with Crippen LogP contribution in [0.1, 0.15) is 19.4 Å². The highest BCUT2D eigenvalue weighted by Crippen LogP contribution is 2.06. The van der Waals surface area contributed by atoms with Gasteiger partial charge >= 0.3 is 5.97 Å². The first-order chi connectivity index (χ1) is 7.09. The van der Waals surface area contributed by atoms with E-state index in [9.17, 15) is 4.79 Å². The lowest BCUT2D eigenvalue weighted by Gasteiger charge is -2.14. The minimum atomic E-state index is -0.657. The van der Waals surface area contributed by atoms with Gasteiger partial charge in [-0.3, -0.25) is 4.79 Å². The molecule has 0 aromatic heterocycles. The van der Waals surface area contributed by atoms with Crippen LogP contribution in [0.25, 0.3) is 0 Å². The van der Waals surface area contributed by atoms with Gasteiger partial charge in [0.05, 0.1) is 0 Å². The Hall–Kier alpha value is -1.42. The first-order valence-electron chi connectivity index (χ1n) is 4.53. The maximum atomic E-state index is 10.6. The van der Waals surface area contributed by atoms with Crippen molar-refractivity contribution in [3.63, 3.8) is 0 Å². The molecule has 0 N–H and O–H groups in total. The molecule has 1 unspecified atom stereocenters. The lowest BCUT2D eigenvalue weighted by molar-refractivity contribution is -0.159. The van der Waals surface area contributed by atoms with Crippen LogP contribution in [-0.2, 0) is 14.3 Å². The van der Waals surface area contributed by atoms with Crippen molar-refractivity contribution in [3.05, 3.63) is 35.9 Å². The Kier molecular flexibility index (Phi) is 4.24. The second-order valence-electron chi connectivity index (χ2n) is 2.95. The molecule has 0 saturated heterocycles. The van der Waals surface area contributed by atoms with Gasteiger partial charge in [-0.05, 0) is 12.2 Å². The van der Waals surface area contributed by atoms with Crippen LogP contribution >= 0.6 is 12.2 Å². The highest BCUT2D eigenvalue weighted by molar-refractivity contribution is 7.80. The molecule has 1 atom stereocenters. The second kappa shape index (κ2) is 5.46. The summed E-state index contributed by atoms with van der Waals surface area (Å²) in [5.41, 5.74) is 0.798. The Morgan fingerprint density at radius 1 is 1.27 bits per heavy atom. The van der Waals surface area contributed by atoms with Crippen molar-refractivity contribution in [2.45, 2.75) is 20.1 Å². The maximum Gasteiger partial charge on any atom is 0.305 e. The quantitative estimate of drug-likeness (QED) is 0.448. The van der Waals surface area contributed by atoms with Crippen molar-refractivity contribution in [1.29, 1.82) is 0 Å². The van der Waals surface area contributed by atoms with Crippen molar-refractivity contribution < 1.29 is 14.3 Å². The Labute approximate surface area is 94.0 Å². The van der Waals surface area contributed by atoms with Crippen LogP contribution in [0.5, 0.6) is 0 Å². The van der Waals surface area contributed by atoms with Gasteiger partial charge in [-0.15, -0.1) is 0 Å². The van der Waals surface area contributed by atoms with Crippen molar-refractivity contribution in [1.82, 2.24) is 0 Å². The first kappa shape index (κ1) is 11.7. The van der Waals surface area contributed by atoms with E-state index in [1.807, 2.05) is 30.3 Å². The summed E-state index contributed by atoms with van der Waals surface area (Å²) in [5, 5.41) is 0.323. The van der Waals surface area contributed by atoms with E-state index in [4.69, 9.17) is 21.7 Å². The smallest absolute Gasteiger partial charge is 0.305 e. The molecule has 0 radical (unpaired) electrons. The average molecular weight is 224 g/mol. The molecule has 15 heavy (non-hydrogen) atoms. The molecule has 0 aliphatic carbocycles. The van der Waals surface area contributed by atoms with Crippen LogP contribution in [0, 0.1) is 0 Å². The van der Waals surface area contributed by atoms with Crippen LogP contribution in [0.4, 0.5) is 0 Å². The molecule has 0 aliphatic rings. The number of ether oxygens (including phenoxy) is 2. The zero-order valence-electron chi connectivity index (χ0n) is 8.60. The predicted octanol–water partition coefficient (Wildman–Crippen LogP) is 2.29. The van der Waals surface area contributed by atoms with Crippen LogP contribution in [-0.4, -0.2) is 17.3 Å². The number of benzene rings is 1.